The minimum atomic E-state index is -3.83. The molecule has 1 aliphatic rings. The number of hydrogen-bond donors (Lipinski definition) is 1. The van der Waals surface area contributed by atoms with E-state index in [2.05, 4.69) is 9.82 Å². The number of nitrogens with zero attached hydrogens (tertiary/aromatic N) is 2. The summed E-state index contributed by atoms with van der Waals surface area (Å²) in [5, 5.41) is 4.14. The fourth-order valence-electron chi connectivity index (χ4n) is 2.21. The van der Waals surface area contributed by atoms with E-state index in [1.165, 1.54) is 6.20 Å². The molecule has 0 unspecified atom stereocenters. The summed E-state index contributed by atoms with van der Waals surface area (Å²) in [6, 6.07) is 1.91. The van der Waals surface area contributed by atoms with Gasteiger partial charge in [0.2, 0.25) is 0 Å². The van der Waals surface area contributed by atoms with Gasteiger partial charge >= 0.3 is 0 Å². The van der Waals surface area contributed by atoms with Crippen molar-refractivity contribution in [3.05, 3.63) is 34.5 Å². The number of sulfonamides is 1. The van der Waals surface area contributed by atoms with Crippen LogP contribution in [0.1, 0.15) is 46.1 Å². The maximum absolute atomic E-state index is 12.2. The van der Waals surface area contributed by atoms with Gasteiger partial charge in [-0.05, 0) is 44.7 Å². The van der Waals surface area contributed by atoms with E-state index in [0.29, 0.717) is 6.04 Å². The van der Waals surface area contributed by atoms with Crippen molar-refractivity contribution in [2.75, 3.05) is 0 Å². The third kappa shape index (κ3) is 2.80. The second kappa shape index (κ2) is 5.51. The van der Waals surface area contributed by atoms with Crippen molar-refractivity contribution in [3.63, 3.8) is 0 Å². The zero-order chi connectivity index (χ0) is 15.9. The molecular weight excluding hydrogens is 322 g/mol. The Morgan fingerprint density at radius 2 is 2.14 bits per heavy atom. The van der Waals surface area contributed by atoms with Crippen molar-refractivity contribution in [2.24, 2.45) is 0 Å². The van der Waals surface area contributed by atoms with Crippen LogP contribution in [-0.2, 0) is 10.0 Å². The Morgan fingerprint density at radius 1 is 1.41 bits per heavy atom. The Labute approximate surface area is 133 Å². The molecule has 1 fully saturated rings. The Hall–Kier alpha value is -1.67. The van der Waals surface area contributed by atoms with E-state index in [1.54, 1.807) is 16.9 Å². The van der Waals surface area contributed by atoms with Gasteiger partial charge in [0.1, 0.15) is 4.21 Å². The second-order valence-electron chi connectivity index (χ2n) is 5.53. The molecule has 22 heavy (non-hydrogen) atoms. The van der Waals surface area contributed by atoms with Crippen LogP contribution >= 0.6 is 11.3 Å². The van der Waals surface area contributed by atoms with Crippen molar-refractivity contribution < 1.29 is 13.2 Å². The normalized spacial score (nSPS) is 15.5. The minimum Gasteiger partial charge on any atom is -0.269 e. The van der Waals surface area contributed by atoms with Gasteiger partial charge < -0.3 is 0 Å². The molecule has 0 bridgehead atoms. The SMILES string of the molecule is Cc1cc(S(=O)(=O)NC(=O)c2cnn(C3CCC3)c2)sc1C. The molecule has 0 spiro atoms. The molecule has 6 nitrogen and oxygen atoms in total. The average molecular weight is 339 g/mol. The summed E-state index contributed by atoms with van der Waals surface area (Å²) in [5.74, 6) is -0.644. The number of rotatable bonds is 4. The van der Waals surface area contributed by atoms with E-state index in [9.17, 15) is 13.2 Å². The van der Waals surface area contributed by atoms with Gasteiger partial charge in [0, 0.05) is 11.1 Å². The highest BCUT2D eigenvalue weighted by atomic mass is 32.2. The molecule has 1 N–H and O–H groups in total. The lowest BCUT2D eigenvalue weighted by Crippen LogP contribution is -2.29. The molecule has 0 aromatic carbocycles. The molecule has 0 aliphatic heterocycles. The van der Waals surface area contributed by atoms with Crippen LogP contribution < -0.4 is 4.72 Å². The smallest absolute Gasteiger partial charge is 0.269 e. The summed E-state index contributed by atoms with van der Waals surface area (Å²) in [7, 11) is -3.83. The lowest BCUT2D eigenvalue weighted by Gasteiger charge is -2.25. The first-order valence-electron chi connectivity index (χ1n) is 7.05. The fourth-order valence-corrected chi connectivity index (χ4v) is 4.70. The van der Waals surface area contributed by atoms with Crippen LogP contribution in [0.2, 0.25) is 0 Å². The summed E-state index contributed by atoms with van der Waals surface area (Å²) in [5.41, 5.74) is 1.16. The van der Waals surface area contributed by atoms with Crippen molar-refractivity contribution >= 4 is 27.3 Å². The average Bonchev–Trinajstić information content (AvgIpc) is 2.96. The fraction of sp³-hybridized carbons (Fsp3) is 0.429. The molecule has 0 radical (unpaired) electrons. The van der Waals surface area contributed by atoms with E-state index in [1.807, 2.05) is 13.8 Å². The van der Waals surface area contributed by atoms with Gasteiger partial charge in [-0.3, -0.25) is 9.48 Å². The Bertz CT molecular complexity index is 797. The largest absolute Gasteiger partial charge is 0.273 e. The number of carbonyl (C=O) groups excluding carboxylic acids is 1. The lowest BCUT2D eigenvalue weighted by atomic mass is 9.93. The van der Waals surface area contributed by atoms with E-state index in [-0.39, 0.29) is 9.77 Å². The van der Waals surface area contributed by atoms with Crippen LogP contribution in [0.4, 0.5) is 0 Å². The van der Waals surface area contributed by atoms with Gasteiger partial charge in [0.05, 0.1) is 17.8 Å². The predicted octanol–water partition coefficient (Wildman–Crippen LogP) is 2.41. The van der Waals surface area contributed by atoms with Gasteiger partial charge in [-0.15, -0.1) is 11.3 Å². The molecule has 1 aliphatic carbocycles. The Balaban J connectivity index is 1.76. The van der Waals surface area contributed by atoms with Crippen LogP contribution in [0.25, 0.3) is 0 Å². The van der Waals surface area contributed by atoms with Crippen LogP contribution in [0.3, 0.4) is 0 Å². The van der Waals surface area contributed by atoms with Crippen LogP contribution in [0.5, 0.6) is 0 Å². The summed E-state index contributed by atoms with van der Waals surface area (Å²) in [6.45, 7) is 3.69. The topological polar surface area (TPSA) is 81.1 Å². The summed E-state index contributed by atoms with van der Waals surface area (Å²) in [6.07, 6.45) is 6.29. The van der Waals surface area contributed by atoms with Gasteiger partial charge in [-0.2, -0.15) is 5.10 Å². The Morgan fingerprint density at radius 3 is 2.68 bits per heavy atom. The third-order valence-electron chi connectivity index (χ3n) is 3.95. The quantitative estimate of drug-likeness (QED) is 0.927. The molecule has 118 valence electrons. The van der Waals surface area contributed by atoms with Crippen molar-refractivity contribution in [2.45, 2.75) is 43.4 Å². The second-order valence-corrected chi connectivity index (χ2v) is 8.70. The number of hydrogen-bond acceptors (Lipinski definition) is 5. The maximum atomic E-state index is 12.2. The van der Waals surface area contributed by atoms with E-state index in [0.717, 1.165) is 41.0 Å². The van der Waals surface area contributed by atoms with Crippen LogP contribution in [0, 0.1) is 13.8 Å². The van der Waals surface area contributed by atoms with E-state index >= 15 is 0 Å². The summed E-state index contributed by atoms with van der Waals surface area (Å²) in [4.78, 5) is 13.1. The molecule has 2 aromatic rings. The first kappa shape index (κ1) is 15.2. The number of carbonyl (C=O) groups is 1. The van der Waals surface area contributed by atoms with E-state index in [4.69, 9.17) is 0 Å². The Kier molecular flexibility index (Phi) is 3.82. The number of thiophene rings is 1. The zero-order valence-electron chi connectivity index (χ0n) is 12.4. The van der Waals surface area contributed by atoms with Gasteiger partial charge in [-0.25, -0.2) is 13.1 Å². The molecule has 8 heteroatoms. The summed E-state index contributed by atoms with van der Waals surface area (Å²) < 4.78 is 28.5. The van der Waals surface area contributed by atoms with Crippen LogP contribution in [-0.4, -0.2) is 24.1 Å². The standard InChI is InChI=1S/C14H17N3O3S2/c1-9-6-13(21-10(9)2)22(19,20)16-14(18)11-7-15-17(8-11)12-4-3-5-12/h6-8,12H,3-5H2,1-2H3,(H,16,18). The zero-order valence-corrected chi connectivity index (χ0v) is 14.0. The maximum Gasteiger partial charge on any atom is 0.273 e. The molecule has 0 saturated heterocycles. The van der Waals surface area contributed by atoms with Crippen molar-refractivity contribution in [1.29, 1.82) is 0 Å². The first-order chi connectivity index (χ1) is 10.4. The molecule has 2 heterocycles. The molecule has 1 saturated carbocycles. The first-order valence-corrected chi connectivity index (χ1v) is 9.35. The predicted molar refractivity (Wildman–Crippen MR) is 83.6 cm³/mol. The highest BCUT2D eigenvalue weighted by Gasteiger charge is 2.24. The third-order valence-corrected chi connectivity index (χ3v) is 6.90. The van der Waals surface area contributed by atoms with E-state index < -0.39 is 15.9 Å². The number of aromatic nitrogens is 2. The van der Waals surface area contributed by atoms with Gasteiger partial charge in [-0.1, -0.05) is 0 Å². The molecule has 3 rings (SSSR count). The number of amides is 1. The lowest BCUT2D eigenvalue weighted by molar-refractivity contribution is 0.0981. The molecule has 1 amide bonds. The number of aryl methyl sites for hydroxylation is 2. The van der Waals surface area contributed by atoms with Crippen molar-refractivity contribution in [1.82, 2.24) is 14.5 Å². The highest BCUT2D eigenvalue weighted by molar-refractivity contribution is 7.92. The summed E-state index contributed by atoms with van der Waals surface area (Å²) >= 11 is 1.16. The molecule has 0 atom stereocenters. The highest BCUT2D eigenvalue weighted by Crippen LogP contribution is 2.30. The molecular formula is C14H17N3O3S2. The molecule has 2 aromatic heterocycles. The number of nitrogens with one attached hydrogen (secondary N) is 1. The van der Waals surface area contributed by atoms with Crippen LogP contribution in [0.15, 0.2) is 22.7 Å². The van der Waals surface area contributed by atoms with Gasteiger partial charge in [0.25, 0.3) is 15.9 Å². The monoisotopic (exact) mass is 339 g/mol. The van der Waals surface area contributed by atoms with Crippen molar-refractivity contribution in [3.8, 4) is 0 Å². The van der Waals surface area contributed by atoms with Gasteiger partial charge in [0.15, 0.2) is 0 Å². The minimum absolute atomic E-state index is 0.155.